The molecule has 0 saturated carbocycles. The second-order valence-corrected chi connectivity index (χ2v) is 10.3. The molecule has 0 aliphatic carbocycles. The summed E-state index contributed by atoms with van der Waals surface area (Å²) in [7, 11) is 0. The van der Waals surface area contributed by atoms with Gasteiger partial charge in [0.15, 0.2) is 5.82 Å². The zero-order valence-electron chi connectivity index (χ0n) is 21.6. The molecule has 220 valence electrons. The topological polar surface area (TPSA) is 149 Å². The molecule has 0 fully saturated rings. The first-order chi connectivity index (χ1) is 19.6. The number of nitrogens with two attached hydrogens (primary N) is 1. The smallest absolute Gasteiger partial charge is 0.453 e. The van der Waals surface area contributed by atoms with Gasteiger partial charge in [-0.15, -0.1) is 0 Å². The molecule has 0 spiro atoms. The minimum absolute atomic E-state index is 0.0234. The number of carbonyl (C=O) groups is 2. The predicted molar refractivity (Wildman–Crippen MR) is 141 cm³/mol. The first-order valence-electron chi connectivity index (χ1n) is 12.4. The lowest BCUT2D eigenvalue weighted by Crippen LogP contribution is -2.37. The van der Waals surface area contributed by atoms with Crippen LogP contribution >= 0.6 is 11.6 Å². The SMILES string of the molecule is C[C@]1(c2ccc(CCC(=O)O)cn2)C(=O)Nc2nc(-c3nn(CCC(F)(F)C(F)(F)F)c4cc(Cl)ccc34)nc(N)c21. The summed E-state index contributed by atoms with van der Waals surface area (Å²) < 4.78 is 66.6. The lowest BCUT2D eigenvalue weighted by Gasteiger charge is -2.22. The second kappa shape index (κ2) is 10.2. The summed E-state index contributed by atoms with van der Waals surface area (Å²) >= 11 is 6.06. The molecule has 0 radical (unpaired) electrons. The number of aromatic nitrogens is 5. The molecule has 1 aliphatic rings. The number of aliphatic carboxylic acids is 1. The Morgan fingerprint density at radius 1 is 1.17 bits per heavy atom. The van der Waals surface area contributed by atoms with Crippen molar-refractivity contribution in [1.82, 2.24) is 24.7 Å². The van der Waals surface area contributed by atoms with E-state index in [4.69, 9.17) is 22.4 Å². The number of aryl methyl sites for hydroxylation is 2. The molecule has 42 heavy (non-hydrogen) atoms. The highest BCUT2D eigenvalue weighted by atomic mass is 35.5. The molecule has 0 unspecified atom stereocenters. The van der Waals surface area contributed by atoms with Gasteiger partial charge in [0, 0.05) is 36.0 Å². The molecule has 0 saturated heterocycles. The van der Waals surface area contributed by atoms with E-state index >= 15 is 0 Å². The number of halogens is 6. The maximum Gasteiger partial charge on any atom is 0.453 e. The van der Waals surface area contributed by atoms with E-state index in [1.807, 2.05) is 0 Å². The number of pyridine rings is 1. The molecule has 1 amide bonds. The van der Waals surface area contributed by atoms with Crippen LogP contribution < -0.4 is 11.1 Å². The molecule has 5 rings (SSSR count). The normalized spacial score (nSPS) is 17.0. The van der Waals surface area contributed by atoms with Crippen LogP contribution in [0.4, 0.5) is 33.6 Å². The highest BCUT2D eigenvalue weighted by Crippen LogP contribution is 2.45. The molecule has 10 nitrogen and oxygen atoms in total. The number of benzene rings is 1. The number of carboxylic acid groups (broad SMARTS) is 1. The number of alkyl halides is 5. The highest BCUT2D eigenvalue weighted by molar-refractivity contribution is 6.31. The maximum absolute atomic E-state index is 13.7. The first-order valence-corrected chi connectivity index (χ1v) is 12.8. The van der Waals surface area contributed by atoms with E-state index in [9.17, 15) is 31.5 Å². The van der Waals surface area contributed by atoms with Gasteiger partial charge in [-0.1, -0.05) is 17.7 Å². The Morgan fingerprint density at radius 3 is 2.55 bits per heavy atom. The van der Waals surface area contributed by atoms with Crippen LogP contribution in [-0.2, 0) is 28.0 Å². The van der Waals surface area contributed by atoms with Crippen LogP contribution in [0.3, 0.4) is 0 Å². The van der Waals surface area contributed by atoms with E-state index in [0.717, 1.165) is 4.68 Å². The van der Waals surface area contributed by atoms with Crippen molar-refractivity contribution >= 4 is 46.0 Å². The Kier molecular flexibility index (Phi) is 7.03. The number of carbonyl (C=O) groups excluding carboxylic acids is 1. The lowest BCUT2D eigenvalue weighted by atomic mass is 9.80. The molecule has 1 aliphatic heterocycles. The molecular weight excluding hydrogens is 589 g/mol. The average molecular weight is 610 g/mol. The van der Waals surface area contributed by atoms with Crippen LogP contribution in [-0.4, -0.2) is 53.8 Å². The fraction of sp³-hybridized carbons (Fsp3) is 0.308. The third-order valence-electron chi connectivity index (χ3n) is 7.07. The van der Waals surface area contributed by atoms with Gasteiger partial charge in [-0.2, -0.15) is 27.1 Å². The van der Waals surface area contributed by atoms with Crippen LogP contribution in [0.5, 0.6) is 0 Å². The maximum atomic E-state index is 13.7. The van der Waals surface area contributed by atoms with Gasteiger partial charge >= 0.3 is 18.1 Å². The van der Waals surface area contributed by atoms with Crippen molar-refractivity contribution in [3.8, 4) is 11.5 Å². The summed E-state index contributed by atoms with van der Waals surface area (Å²) in [6.07, 6.45) is -5.68. The lowest BCUT2D eigenvalue weighted by molar-refractivity contribution is -0.285. The second-order valence-electron chi connectivity index (χ2n) is 9.87. The predicted octanol–water partition coefficient (Wildman–Crippen LogP) is 4.99. The highest BCUT2D eigenvalue weighted by Gasteiger charge is 2.57. The number of rotatable bonds is 8. The molecule has 16 heteroatoms. The molecule has 1 atom stereocenters. The molecule has 4 heterocycles. The number of anilines is 2. The number of nitrogens with zero attached hydrogens (tertiary/aromatic N) is 5. The third-order valence-corrected chi connectivity index (χ3v) is 7.30. The van der Waals surface area contributed by atoms with E-state index in [1.54, 1.807) is 19.1 Å². The zero-order valence-corrected chi connectivity index (χ0v) is 22.4. The van der Waals surface area contributed by atoms with Crippen LogP contribution in [0.15, 0.2) is 36.5 Å². The summed E-state index contributed by atoms with van der Waals surface area (Å²) in [5.74, 6) is -6.61. The van der Waals surface area contributed by atoms with Crippen molar-refractivity contribution in [3.63, 3.8) is 0 Å². The molecule has 1 aromatic carbocycles. The minimum atomic E-state index is -5.73. The third kappa shape index (κ3) is 4.97. The fourth-order valence-electron chi connectivity index (χ4n) is 4.75. The number of nitrogens with one attached hydrogen (secondary N) is 1. The monoisotopic (exact) mass is 609 g/mol. The quantitative estimate of drug-likeness (QED) is 0.237. The zero-order chi connectivity index (χ0) is 30.6. The first kappa shape index (κ1) is 29.1. The van der Waals surface area contributed by atoms with Gasteiger partial charge in [-0.05, 0) is 43.2 Å². The number of hydrogen-bond acceptors (Lipinski definition) is 7. The number of hydrogen-bond donors (Lipinski definition) is 3. The average Bonchev–Trinajstić information content (AvgIpc) is 3.40. The standard InChI is InChI=1S/C26H21ClF5N7O3/c1-24(16-6-2-12(11-34-16)3-7-17(40)41)18-20(33)35-22(36-21(18)37-23(24)42)19-14-5-4-13(27)10-15(14)39(38-19)9-8-25(28,29)26(30,31)32/h2,4-6,10-11H,3,7-9H2,1H3,(H,40,41)(H3,33,35,36,37,42)/t24-/m1/s1. The van der Waals surface area contributed by atoms with Crippen molar-refractivity contribution in [3.05, 3.63) is 58.4 Å². The number of nitrogen functional groups attached to an aromatic ring is 1. The van der Waals surface area contributed by atoms with Gasteiger partial charge in [-0.3, -0.25) is 19.3 Å². The van der Waals surface area contributed by atoms with Crippen LogP contribution in [0.1, 0.15) is 36.6 Å². The number of amides is 1. The molecular formula is C26H21ClF5N7O3. The molecule has 4 N–H and O–H groups in total. The van der Waals surface area contributed by atoms with E-state index in [-0.39, 0.29) is 52.1 Å². The van der Waals surface area contributed by atoms with Gasteiger partial charge in [0.1, 0.15) is 22.7 Å². The summed E-state index contributed by atoms with van der Waals surface area (Å²) in [6.45, 7) is 0.770. The number of fused-ring (bicyclic) bond motifs is 2. The molecule has 3 aromatic heterocycles. The van der Waals surface area contributed by atoms with Gasteiger partial charge < -0.3 is 16.2 Å². The summed E-state index contributed by atoms with van der Waals surface area (Å²) in [6, 6.07) is 7.56. The Hall–Kier alpha value is -4.40. The van der Waals surface area contributed by atoms with Crippen molar-refractivity contribution < 1.29 is 36.6 Å². The van der Waals surface area contributed by atoms with Crippen LogP contribution in [0, 0.1) is 0 Å². The van der Waals surface area contributed by atoms with Crippen molar-refractivity contribution in [1.29, 1.82) is 0 Å². The minimum Gasteiger partial charge on any atom is -0.481 e. The van der Waals surface area contributed by atoms with E-state index in [0.29, 0.717) is 16.6 Å². The van der Waals surface area contributed by atoms with E-state index < -0.39 is 42.4 Å². The Balaban J connectivity index is 1.54. The fourth-order valence-corrected chi connectivity index (χ4v) is 4.91. The van der Waals surface area contributed by atoms with E-state index in [1.165, 1.54) is 24.4 Å². The van der Waals surface area contributed by atoms with Crippen LogP contribution in [0.25, 0.3) is 22.4 Å². The summed E-state index contributed by atoms with van der Waals surface area (Å²) in [5.41, 5.74) is 6.27. The van der Waals surface area contributed by atoms with Gasteiger partial charge in [0.2, 0.25) is 5.91 Å². The van der Waals surface area contributed by atoms with Gasteiger partial charge in [0.25, 0.3) is 0 Å². The molecule has 4 aromatic rings. The van der Waals surface area contributed by atoms with Crippen LogP contribution in [0.2, 0.25) is 5.02 Å². The largest absolute Gasteiger partial charge is 0.481 e. The van der Waals surface area contributed by atoms with Crippen molar-refractivity contribution in [2.24, 2.45) is 0 Å². The van der Waals surface area contributed by atoms with E-state index in [2.05, 4.69) is 25.4 Å². The summed E-state index contributed by atoms with van der Waals surface area (Å²) in [5, 5.41) is 16.3. The Morgan fingerprint density at radius 2 is 1.90 bits per heavy atom. The Bertz CT molecular complexity index is 1730. The van der Waals surface area contributed by atoms with Gasteiger partial charge in [0.05, 0.1) is 16.8 Å². The summed E-state index contributed by atoms with van der Waals surface area (Å²) in [4.78, 5) is 37.2. The van der Waals surface area contributed by atoms with Crippen molar-refractivity contribution in [2.75, 3.05) is 11.1 Å². The van der Waals surface area contributed by atoms with Crippen molar-refractivity contribution in [2.45, 2.75) is 50.2 Å². The Labute approximate surface area is 238 Å². The van der Waals surface area contributed by atoms with Gasteiger partial charge in [-0.25, -0.2) is 9.97 Å². The molecule has 0 bridgehead atoms. The number of carboxylic acids is 1.